The van der Waals surface area contributed by atoms with Gasteiger partial charge in [-0.3, -0.25) is 9.59 Å². The van der Waals surface area contributed by atoms with Crippen LogP contribution >= 0.6 is 0 Å². The number of ether oxygens (including phenoxy) is 1. The van der Waals surface area contributed by atoms with E-state index in [4.69, 9.17) is 9.84 Å². The first-order valence-corrected chi connectivity index (χ1v) is 5.82. The minimum atomic E-state index is -0.877. The van der Waals surface area contributed by atoms with E-state index < -0.39 is 5.97 Å². The standard InChI is InChI=1S/C13H15NO4/c1-14-11-4-3-10(18-7-6-13(16)17)8-9(11)2-5-12(14)15/h3-4,8H,2,5-7H2,1H3,(H,16,17). The fourth-order valence-electron chi connectivity index (χ4n) is 1.98. The Bertz CT molecular complexity index is 484. The van der Waals surface area contributed by atoms with Crippen LogP contribution in [-0.4, -0.2) is 30.6 Å². The van der Waals surface area contributed by atoms with Crippen LogP contribution in [0.5, 0.6) is 5.75 Å². The number of carboxylic acids is 1. The van der Waals surface area contributed by atoms with Gasteiger partial charge in [0.25, 0.3) is 0 Å². The van der Waals surface area contributed by atoms with Gasteiger partial charge in [0.15, 0.2) is 0 Å². The maximum atomic E-state index is 11.5. The molecule has 0 aromatic heterocycles. The van der Waals surface area contributed by atoms with E-state index in [0.717, 1.165) is 11.3 Å². The zero-order valence-electron chi connectivity index (χ0n) is 10.2. The summed E-state index contributed by atoms with van der Waals surface area (Å²) in [6, 6.07) is 5.47. The van der Waals surface area contributed by atoms with Crippen LogP contribution in [0.1, 0.15) is 18.4 Å². The Morgan fingerprint density at radius 2 is 2.22 bits per heavy atom. The van der Waals surface area contributed by atoms with E-state index in [-0.39, 0.29) is 18.9 Å². The molecular formula is C13H15NO4. The number of rotatable bonds is 4. The third kappa shape index (κ3) is 2.61. The molecule has 5 nitrogen and oxygen atoms in total. The van der Waals surface area contributed by atoms with Crippen molar-refractivity contribution < 1.29 is 19.4 Å². The van der Waals surface area contributed by atoms with Crippen LogP contribution in [0.25, 0.3) is 0 Å². The molecule has 0 fully saturated rings. The third-order valence-corrected chi connectivity index (χ3v) is 2.98. The van der Waals surface area contributed by atoms with E-state index in [0.29, 0.717) is 18.6 Å². The van der Waals surface area contributed by atoms with Crippen LogP contribution in [0, 0.1) is 0 Å². The highest BCUT2D eigenvalue weighted by Gasteiger charge is 2.20. The molecule has 1 aromatic rings. The Morgan fingerprint density at radius 1 is 1.44 bits per heavy atom. The monoisotopic (exact) mass is 249 g/mol. The smallest absolute Gasteiger partial charge is 0.306 e. The SMILES string of the molecule is CN1C(=O)CCc2cc(OCCC(=O)O)ccc21. The van der Waals surface area contributed by atoms with E-state index in [1.807, 2.05) is 12.1 Å². The maximum Gasteiger partial charge on any atom is 0.306 e. The first kappa shape index (κ1) is 12.4. The van der Waals surface area contributed by atoms with E-state index in [1.165, 1.54) is 0 Å². The van der Waals surface area contributed by atoms with Crippen molar-refractivity contribution in [1.82, 2.24) is 0 Å². The minimum Gasteiger partial charge on any atom is -0.493 e. The third-order valence-electron chi connectivity index (χ3n) is 2.98. The molecule has 1 aliphatic heterocycles. The molecular weight excluding hydrogens is 234 g/mol. The molecule has 1 amide bonds. The highest BCUT2D eigenvalue weighted by Crippen LogP contribution is 2.30. The number of aryl methyl sites for hydroxylation is 1. The van der Waals surface area contributed by atoms with Crippen molar-refractivity contribution >= 4 is 17.6 Å². The summed E-state index contributed by atoms with van der Waals surface area (Å²) in [7, 11) is 1.76. The van der Waals surface area contributed by atoms with E-state index in [9.17, 15) is 9.59 Å². The molecule has 0 aliphatic carbocycles. The number of carbonyl (C=O) groups excluding carboxylic acids is 1. The van der Waals surface area contributed by atoms with Gasteiger partial charge in [0, 0.05) is 19.2 Å². The second-order valence-electron chi connectivity index (χ2n) is 4.24. The topological polar surface area (TPSA) is 66.8 Å². The normalized spacial score (nSPS) is 14.3. The van der Waals surface area contributed by atoms with Gasteiger partial charge in [-0.05, 0) is 30.2 Å². The average Bonchev–Trinajstić information content (AvgIpc) is 2.33. The van der Waals surface area contributed by atoms with E-state index >= 15 is 0 Å². The Balaban J connectivity index is 2.08. The van der Waals surface area contributed by atoms with Gasteiger partial charge in [0.1, 0.15) is 5.75 Å². The van der Waals surface area contributed by atoms with Gasteiger partial charge in [-0.15, -0.1) is 0 Å². The van der Waals surface area contributed by atoms with Gasteiger partial charge >= 0.3 is 5.97 Å². The van der Waals surface area contributed by atoms with Gasteiger partial charge in [-0.1, -0.05) is 0 Å². The summed E-state index contributed by atoms with van der Waals surface area (Å²) in [6.07, 6.45) is 1.19. The van der Waals surface area contributed by atoms with Crippen LogP contribution < -0.4 is 9.64 Å². The van der Waals surface area contributed by atoms with Crippen LogP contribution in [0.2, 0.25) is 0 Å². The molecule has 1 aliphatic rings. The lowest BCUT2D eigenvalue weighted by Gasteiger charge is -2.26. The van der Waals surface area contributed by atoms with Crippen molar-refractivity contribution in [1.29, 1.82) is 0 Å². The van der Waals surface area contributed by atoms with Crippen molar-refractivity contribution in [2.75, 3.05) is 18.6 Å². The van der Waals surface area contributed by atoms with Crippen molar-refractivity contribution in [2.45, 2.75) is 19.3 Å². The highest BCUT2D eigenvalue weighted by molar-refractivity contribution is 5.95. The fraction of sp³-hybridized carbons (Fsp3) is 0.385. The number of fused-ring (bicyclic) bond motifs is 1. The number of anilines is 1. The summed E-state index contributed by atoms with van der Waals surface area (Å²) in [5.41, 5.74) is 1.96. The predicted molar refractivity (Wildman–Crippen MR) is 65.9 cm³/mol. The Morgan fingerprint density at radius 3 is 2.94 bits per heavy atom. The zero-order chi connectivity index (χ0) is 13.1. The number of aliphatic carboxylic acids is 1. The fourth-order valence-corrected chi connectivity index (χ4v) is 1.98. The maximum absolute atomic E-state index is 11.5. The second-order valence-corrected chi connectivity index (χ2v) is 4.24. The second kappa shape index (κ2) is 5.08. The molecule has 1 heterocycles. The lowest BCUT2D eigenvalue weighted by molar-refractivity contribution is -0.137. The minimum absolute atomic E-state index is 0.0184. The number of hydrogen-bond acceptors (Lipinski definition) is 3. The number of carboxylic acid groups (broad SMARTS) is 1. The van der Waals surface area contributed by atoms with Gasteiger partial charge in [-0.25, -0.2) is 0 Å². The zero-order valence-corrected chi connectivity index (χ0v) is 10.2. The average molecular weight is 249 g/mol. The molecule has 0 bridgehead atoms. The van der Waals surface area contributed by atoms with Gasteiger partial charge in [0.2, 0.25) is 5.91 Å². The summed E-state index contributed by atoms with van der Waals surface area (Å²) in [5.74, 6) is -0.113. The lowest BCUT2D eigenvalue weighted by Crippen LogP contribution is -2.30. The number of nitrogens with zero attached hydrogens (tertiary/aromatic N) is 1. The molecule has 5 heteroatoms. The highest BCUT2D eigenvalue weighted by atomic mass is 16.5. The number of benzene rings is 1. The molecule has 0 radical (unpaired) electrons. The Hall–Kier alpha value is -2.04. The summed E-state index contributed by atoms with van der Waals surface area (Å²) in [4.78, 5) is 23.5. The molecule has 96 valence electrons. The summed E-state index contributed by atoms with van der Waals surface area (Å²) in [6.45, 7) is 0.156. The van der Waals surface area contributed by atoms with Crippen LogP contribution in [0.3, 0.4) is 0 Å². The molecule has 0 unspecified atom stereocenters. The molecule has 2 rings (SSSR count). The quantitative estimate of drug-likeness (QED) is 0.877. The van der Waals surface area contributed by atoms with Crippen LogP contribution in [0.15, 0.2) is 18.2 Å². The van der Waals surface area contributed by atoms with Crippen molar-refractivity contribution in [2.24, 2.45) is 0 Å². The van der Waals surface area contributed by atoms with Crippen LogP contribution in [-0.2, 0) is 16.0 Å². The lowest BCUT2D eigenvalue weighted by atomic mass is 10.0. The van der Waals surface area contributed by atoms with Gasteiger partial charge in [-0.2, -0.15) is 0 Å². The van der Waals surface area contributed by atoms with E-state index in [2.05, 4.69) is 0 Å². The van der Waals surface area contributed by atoms with E-state index in [1.54, 1.807) is 18.0 Å². The first-order chi connectivity index (χ1) is 8.58. The first-order valence-electron chi connectivity index (χ1n) is 5.82. The number of carbonyl (C=O) groups is 2. The number of hydrogen-bond donors (Lipinski definition) is 1. The summed E-state index contributed by atoms with van der Waals surface area (Å²) >= 11 is 0. The molecule has 0 saturated carbocycles. The molecule has 0 spiro atoms. The summed E-state index contributed by atoms with van der Waals surface area (Å²) in [5, 5.41) is 8.52. The summed E-state index contributed by atoms with van der Waals surface area (Å²) < 4.78 is 5.36. The molecule has 0 atom stereocenters. The molecule has 1 aromatic carbocycles. The van der Waals surface area contributed by atoms with Crippen LogP contribution in [0.4, 0.5) is 5.69 Å². The largest absolute Gasteiger partial charge is 0.493 e. The molecule has 1 N–H and O–H groups in total. The molecule has 0 saturated heterocycles. The predicted octanol–water partition coefficient (Wildman–Crippen LogP) is 1.45. The Labute approximate surface area is 105 Å². The molecule has 18 heavy (non-hydrogen) atoms. The van der Waals surface area contributed by atoms with Crippen molar-refractivity contribution in [3.63, 3.8) is 0 Å². The van der Waals surface area contributed by atoms with Gasteiger partial charge < -0.3 is 14.7 Å². The van der Waals surface area contributed by atoms with Crippen molar-refractivity contribution in [3.8, 4) is 5.75 Å². The number of amides is 1. The van der Waals surface area contributed by atoms with Gasteiger partial charge in [0.05, 0.1) is 13.0 Å². The van der Waals surface area contributed by atoms with Crippen molar-refractivity contribution in [3.05, 3.63) is 23.8 Å². The Kier molecular flexibility index (Phi) is 3.50.